The lowest BCUT2D eigenvalue weighted by atomic mass is 10.3. The SMILES string of the molecule is CCOc1ccccc1NCc1cnc(Cl)s1. The summed E-state index contributed by atoms with van der Waals surface area (Å²) in [6, 6.07) is 7.88. The van der Waals surface area contributed by atoms with Gasteiger partial charge >= 0.3 is 0 Å². The summed E-state index contributed by atoms with van der Waals surface area (Å²) >= 11 is 7.26. The minimum atomic E-state index is 0.569. The summed E-state index contributed by atoms with van der Waals surface area (Å²) in [6.07, 6.45) is 1.78. The number of halogens is 1. The molecule has 0 amide bonds. The molecule has 2 rings (SSSR count). The number of benzene rings is 1. The van der Waals surface area contributed by atoms with Gasteiger partial charge in [-0.1, -0.05) is 23.7 Å². The molecule has 5 heteroatoms. The van der Waals surface area contributed by atoms with Crippen LogP contribution in [0.1, 0.15) is 11.8 Å². The van der Waals surface area contributed by atoms with Gasteiger partial charge in [0.2, 0.25) is 0 Å². The van der Waals surface area contributed by atoms with Crippen LogP contribution in [-0.4, -0.2) is 11.6 Å². The number of nitrogens with one attached hydrogen (secondary N) is 1. The molecule has 1 aromatic heterocycles. The zero-order valence-corrected chi connectivity index (χ0v) is 11.0. The molecule has 17 heavy (non-hydrogen) atoms. The molecule has 3 nitrogen and oxygen atoms in total. The van der Waals surface area contributed by atoms with Crippen molar-refractivity contribution < 1.29 is 4.74 Å². The molecule has 1 N–H and O–H groups in total. The van der Waals surface area contributed by atoms with Gasteiger partial charge in [-0.15, -0.1) is 11.3 Å². The largest absolute Gasteiger partial charge is 0.492 e. The van der Waals surface area contributed by atoms with Crippen molar-refractivity contribution in [1.29, 1.82) is 0 Å². The van der Waals surface area contributed by atoms with Gasteiger partial charge in [-0.3, -0.25) is 0 Å². The van der Waals surface area contributed by atoms with E-state index in [1.165, 1.54) is 11.3 Å². The highest BCUT2D eigenvalue weighted by molar-refractivity contribution is 7.15. The van der Waals surface area contributed by atoms with Crippen molar-refractivity contribution in [1.82, 2.24) is 4.98 Å². The average molecular weight is 269 g/mol. The molecule has 0 aliphatic carbocycles. The number of para-hydroxylation sites is 2. The Bertz CT molecular complexity index is 487. The molecule has 2 aromatic rings. The fourth-order valence-electron chi connectivity index (χ4n) is 1.44. The predicted molar refractivity (Wildman–Crippen MR) is 72.1 cm³/mol. The van der Waals surface area contributed by atoms with E-state index < -0.39 is 0 Å². The average Bonchev–Trinajstić information content (AvgIpc) is 2.74. The number of thiazole rings is 1. The van der Waals surface area contributed by atoms with E-state index in [9.17, 15) is 0 Å². The van der Waals surface area contributed by atoms with Crippen LogP contribution in [0.3, 0.4) is 0 Å². The molecule has 1 heterocycles. The van der Waals surface area contributed by atoms with E-state index >= 15 is 0 Å². The van der Waals surface area contributed by atoms with E-state index in [4.69, 9.17) is 16.3 Å². The Morgan fingerprint density at radius 1 is 1.41 bits per heavy atom. The highest BCUT2D eigenvalue weighted by Gasteiger charge is 2.03. The number of aromatic nitrogens is 1. The van der Waals surface area contributed by atoms with Crippen molar-refractivity contribution in [2.45, 2.75) is 13.5 Å². The van der Waals surface area contributed by atoms with Gasteiger partial charge < -0.3 is 10.1 Å². The monoisotopic (exact) mass is 268 g/mol. The molecule has 0 aliphatic heterocycles. The third-order valence-electron chi connectivity index (χ3n) is 2.17. The minimum Gasteiger partial charge on any atom is -0.492 e. The number of ether oxygens (including phenoxy) is 1. The second-order valence-corrected chi connectivity index (χ2v) is 5.06. The molecule has 0 spiro atoms. The van der Waals surface area contributed by atoms with Gasteiger partial charge in [-0.2, -0.15) is 0 Å². The van der Waals surface area contributed by atoms with Crippen LogP contribution < -0.4 is 10.1 Å². The number of rotatable bonds is 5. The molecular formula is C12H13ClN2OS. The van der Waals surface area contributed by atoms with Crippen molar-refractivity contribution in [3.05, 3.63) is 39.8 Å². The first kappa shape index (κ1) is 12.2. The van der Waals surface area contributed by atoms with E-state index in [-0.39, 0.29) is 0 Å². The van der Waals surface area contributed by atoms with Gasteiger partial charge in [0.25, 0.3) is 0 Å². The van der Waals surface area contributed by atoms with E-state index in [0.717, 1.165) is 16.3 Å². The minimum absolute atomic E-state index is 0.569. The highest BCUT2D eigenvalue weighted by atomic mass is 35.5. The first-order chi connectivity index (χ1) is 8.29. The Hall–Kier alpha value is -1.26. The van der Waals surface area contributed by atoms with Crippen LogP contribution in [-0.2, 0) is 6.54 Å². The molecule has 0 radical (unpaired) electrons. The maximum Gasteiger partial charge on any atom is 0.183 e. The van der Waals surface area contributed by atoms with Crippen LogP contribution in [0, 0.1) is 0 Å². The van der Waals surface area contributed by atoms with Gasteiger partial charge in [0.1, 0.15) is 5.75 Å². The summed E-state index contributed by atoms with van der Waals surface area (Å²) < 4.78 is 6.10. The summed E-state index contributed by atoms with van der Waals surface area (Å²) in [6.45, 7) is 3.33. The lowest BCUT2D eigenvalue weighted by Gasteiger charge is -2.11. The third kappa shape index (κ3) is 3.35. The van der Waals surface area contributed by atoms with Crippen molar-refractivity contribution in [3.63, 3.8) is 0 Å². The summed E-state index contributed by atoms with van der Waals surface area (Å²) in [5, 5.41) is 3.31. The van der Waals surface area contributed by atoms with Crippen LogP contribution in [0.15, 0.2) is 30.5 Å². The normalized spacial score (nSPS) is 10.2. The molecule has 0 aliphatic rings. The summed E-state index contributed by atoms with van der Waals surface area (Å²) in [5.74, 6) is 0.866. The molecular weight excluding hydrogens is 256 g/mol. The number of nitrogens with zero attached hydrogens (tertiary/aromatic N) is 1. The number of hydrogen-bond acceptors (Lipinski definition) is 4. The van der Waals surface area contributed by atoms with Crippen LogP contribution in [0.2, 0.25) is 4.47 Å². The van der Waals surface area contributed by atoms with Crippen LogP contribution in [0.5, 0.6) is 5.75 Å². The quantitative estimate of drug-likeness (QED) is 0.895. The molecule has 0 unspecified atom stereocenters. The molecule has 90 valence electrons. The van der Waals surface area contributed by atoms with Crippen LogP contribution >= 0.6 is 22.9 Å². The Balaban J connectivity index is 2.03. The van der Waals surface area contributed by atoms with Crippen molar-refractivity contribution in [2.24, 2.45) is 0 Å². The topological polar surface area (TPSA) is 34.1 Å². The Labute approximate surface area is 109 Å². The molecule has 0 atom stereocenters. The van der Waals surface area contributed by atoms with Gasteiger partial charge in [-0.25, -0.2) is 4.98 Å². The fraction of sp³-hybridized carbons (Fsp3) is 0.250. The maximum absolute atomic E-state index is 5.78. The standard InChI is InChI=1S/C12H13ClN2OS/c1-2-16-11-6-4-3-5-10(11)14-7-9-8-15-12(13)17-9/h3-6,8,14H,2,7H2,1H3. The van der Waals surface area contributed by atoms with Gasteiger partial charge in [0.15, 0.2) is 4.47 Å². The van der Waals surface area contributed by atoms with Crippen molar-refractivity contribution >= 4 is 28.6 Å². The first-order valence-corrected chi connectivity index (χ1v) is 6.55. The zero-order valence-electron chi connectivity index (χ0n) is 9.44. The highest BCUT2D eigenvalue weighted by Crippen LogP contribution is 2.25. The molecule has 1 aromatic carbocycles. The summed E-state index contributed by atoms with van der Waals surface area (Å²) in [5.41, 5.74) is 0.985. The van der Waals surface area contributed by atoms with E-state index in [1.807, 2.05) is 31.2 Å². The molecule has 0 saturated carbocycles. The lowest BCUT2D eigenvalue weighted by Crippen LogP contribution is -2.01. The van der Waals surface area contributed by atoms with Gasteiger partial charge in [-0.05, 0) is 19.1 Å². The molecule has 0 bridgehead atoms. The van der Waals surface area contributed by atoms with Gasteiger partial charge in [0, 0.05) is 11.1 Å². The molecule has 0 fully saturated rings. The summed E-state index contributed by atoms with van der Waals surface area (Å²) in [7, 11) is 0. The van der Waals surface area contributed by atoms with E-state index in [1.54, 1.807) is 6.20 Å². The predicted octanol–water partition coefficient (Wildman–Crippen LogP) is 3.81. The number of anilines is 1. The maximum atomic E-state index is 5.78. The smallest absolute Gasteiger partial charge is 0.183 e. The first-order valence-electron chi connectivity index (χ1n) is 5.35. The van der Waals surface area contributed by atoms with Crippen LogP contribution in [0.4, 0.5) is 5.69 Å². The Morgan fingerprint density at radius 3 is 2.94 bits per heavy atom. The summed E-state index contributed by atoms with van der Waals surface area (Å²) in [4.78, 5) is 5.10. The van der Waals surface area contributed by atoms with Crippen molar-refractivity contribution in [2.75, 3.05) is 11.9 Å². The lowest BCUT2D eigenvalue weighted by molar-refractivity contribution is 0.341. The number of hydrogen-bond donors (Lipinski definition) is 1. The molecule has 0 saturated heterocycles. The van der Waals surface area contributed by atoms with Crippen molar-refractivity contribution in [3.8, 4) is 5.75 Å². The van der Waals surface area contributed by atoms with Gasteiger partial charge in [0.05, 0.1) is 18.8 Å². The Morgan fingerprint density at radius 2 is 2.24 bits per heavy atom. The second-order valence-electron chi connectivity index (χ2n) is 3.36. The zero-order chi connectivity index (χ0) is 12.1. The fourth-order valence-corrected chi connectivity index (χ4v) is 2.36. The van der Waals surface area contributed by atoms with E-state index in [2.05, 4.69) is 10.3 Å². The second kappa shape index (κ2) is 5.89. The third-order valence-corrected chi connectivity index (χ3v) is 3.28. The Kier molecular flexibility index (Phi) is 4.23. The van der Waals surface area contributed by atoms with E-state index in [0.29, 0.717) is 17.6 Å². The van der Waals surface area contributed by atoms with Crippen LogP contribution in [0.25, 0.3) is 0 Å².